The first kappa shape index (κ1) is 25.9. The normalized spacial score (nSPS) is 15.1. The zero-order chi connectivity index (χ0) is 27.3. The standard InChI is InChI=1S/C35H32O5/c1-2-9-26-12-5-8-15-31(26)38-20-27(36)21-39-32-18-16-24-10-3-6-13-29(24)34(32)35-30-14-7-4-11-25(30)17-19-33(35)40-23-28-22-37-28/h2-8,10-19,27-28,36H,1,9,20-23H2. The number of hydrogen-bond acceptors (Lipinski definition) is 5. The fraction of sp³-hybridized carbons (Fsp3) is 0.200. The van der Waals surface area contributed by atoms with Crippen LogP contribution in [0.25, 0.3) is 32.7 Å². The first-order chi connectivity index (χ1) is 19.7. The number of hydrogen-bond donors (Lipinski definition) is 1. The van der Waals surface area contributed by atoms with Gasteiger partial charge < -0.3 is 24.1 Å². The molecule has 5 aromatic carbocycles. The molecule has 5 aromatic rings. The average molecular weight is 533 g/mol. The van der Waals surface area contributed by atoms with Crippen molar-refractivity contribution >= 4 is 21.5 Å². The van der Waals surface area contributed by atoms with Crippen molar-refractivity contribution < 1.29 is 24.1 Å². The van der Waals surface area contributed by atoms with Gasteiger partial charge in [-0.2, -0.15) is 0 Å². The number of benzene rings is 5. The van der Waals surface area contributed by atoms with E-state index < -0.39 is 6.10 Å². The van der Waals surface area contributed by atoms with Gasteiger partial charge in [0.2, 0.25) is 0 Å². The van der Waals surface area contributed by atoms with Crippen molar-refractivity contribution in [1.82, 2.24) is 0 Å². The van der Waals surface area contributed by atoms with Gasteiger partial charge in [-0.1, -0.05) is 84.9 Å². The van der Waals surface area contributed by atoms with Gasteiger partial charge in [-0.15, -0.1) is 6.58 Å². The van der Waals surface area contributed by atoms with Crippen LogP contribution in [-0.2, 0) is 11.2 Å². The molecule has 0 amide bonds. The van der Waals surface area contributed by atoms with Gasteiger partial charge in [-0.05, 0) is 51.7 Å². The molecule has 1 fully saturated rings. The SMILES string of the molecule is C=CCc1ccccc1OCC(O)COc1ccc2ccccc2c1-c1c(OCC2CO2)ccc2ccccc12. The van der Waals surface area contributed by atoms with Crippen LogP contribution in [0.3, 0.4) is 0 Å². The number of allylic oxidation sites excluding steroid dienone is 1. The molecule has 5 nitrogen and oxygen atoms in total. The van der Waals surface area contributed by atoms with Gasteiger partial charge in [0, 0.05) is 11.1 Å². The Morgan fingerprint density at radius 2 is 1.27 bits per heavy atom. The number of epoxide rings is 1. The Morgan fingerprint density at radius 1 is 0.725 bits per heavy atom. The summed E-state index contributed by atoms with van der Waals surface area (Å²) in [7, 11) is 0. The van der Waals surface area contributed by atoms with Gasteiger partial charge in [-0.3, -0.25) is 0 Å². The molecule has 2 unspecified atom stereocenters. The molecular formula is C35H32O5. The summed E-state index contributed by atoms with van der Waals surface area (Å²) in [5.74, 6) is 2.19. The molecule has 2 atom stereocenters. The van der Waals surface area contributed by atoms with E-state index in [1.54, 1.807) is 0 Å². The zero-order valence-electron chi connectivity index (χ0n) is 22.3. The maximum atomic E-state index is 10.8. The van der Waals surface area contributed by atoms with E-state index in [1.165, 1.54) is 0 Å². The average Bonchev–Trinajstić information content (AvgIpc) is 3.83. The van der Waals surface area contributed by atoms with Gasteiger partial charge in [0.15, 0.2) is 0 Å². The Kier molecular flexibility index (Phi) is 7.67. The molecular weight excluding hydrogens is 500 g/mol. The summed E-state index contributed by atoms with van der Waals surface area (Å²) in [6.07, 6.45) is 1.85. The summed E-state index contributed by atoms with van der Waals surface area (Å²) in [5, 5.41) is 15.2. The number of rotatable bonds is 12. The third-order valence-corrected chi connectivity index (χ3v) is 7.06. The molecule has 0 bridgehead atoms. The maximum Gasteiger partial charge on any atom is 0.128 e. The summed E-state index contributed by atoms with van der Waals surface area (Å²) >= 11 is 0. The molecule has 0 spiro atoms. The van der Waals surface area contributed by atoms with Crippen LogP contribution in [-0.4, -0.2) is 43.7 Å². The van der Waals surface area contributed by atoms with Crippen LogP contribution in [0.4, 0.5) is 0 Å². The number of ether oxygens (including phenoxy) is 4. The minimum atomic E-state index is -0.827. The lowest BCUT2D eigenvalue weighted by Crippen LogP contribution is -2.25. The highest BCUT2D eigenvalue weighted by molar-refractivity contribution is 6.09. The third-order valence-electron chi connectivity index (χ3n) is 7.06. The monoisotopic (exact) mass is 532 g/mol. The Balaban J connectivity index is 1.33. The van der Waals surface area contributed by atoms with Crippen molar-refractivity contribution in [3.8, 4) is 28.4 Å². The van der Waals surface area contributed by atoms with Crippen molar-refractivity contribution in [2.24, 2.45) is 0 Å². The number of aliphatic hydroxyl groups is 1. The van der Waals surface area contributed by atoms with Crippen molar-refractivity contribution in [3.63, 3.8) is 0 Å². The second kappa shape index (κ2) is 11.8. The highest BCUT2D eigenvalue weighted by Crippen LogP contribution is 2.45. The minimum Gasteiger partial charge on any atom is -0.490 e. The summed E-state index contributed by atoms with van der Waals surface area (Å²) in [6, 6.07) is 32.5. The molecule has 0 aliphatic carbocycles. The van der Waals surface area contributed by atoms with Crippen LogP contribution >= 0.6 is 0 Å². The lowest BCUT2D eigenvalue weighted by atomic mass is 9.92. The minimum absolute atomic E-state index is 0.0752. The summed E-state index contributed by atoms with van der Waals surface area (Å²) in [6.45, 7) is 5.23. The first-order valence-corrected chi connectivity index (χ1v) is 13.6. The van der Waals surface area contributed by atoms with E-state index in [0.29, 0.717) is 18.8 Å². The molecule has 202 valence electrons. The number of para-hydroxylation sites is 1. The Morgan fingerprint density at radius 3 is 1.90 bits per heavy atom. The van der Waals surface area contributed by atoms with Crippen LogP contribution in [0.2, 0.25) is 0 Å². The van der Waals surface area contributed by atoms with Crippen molar-refractivity contribution in [1.29, 1.82) is 0 Å². The molecule has 0 radical (unpaired) electrons. The lowest BCUT2D eigenvalue weighted by molar-refractivity contribution is 0.0626. The third kappa shape index (κ3) is 5.67. The number of fused-ring (bicyclic) bond motifs is 2. The largest absolute Gasteiger partial charge is 0.490 e. The second-order valence-electron chi connectivity index (χ2n) is 9.96. The topological polar surface area (TPSA) is 60.5 Å². The molecule has 5 heteroatoms. The van der Waals surface area contributed by atoms with Crippen LogP contribution in [0, 0.1) is 0 Å². The van der Waals surface area contributed by atoms with E-state index in [2.05, 4.69) is 36.9 Å². The molecule has 1 aliphatic rings. The maximum absolute atomic E-state index is 10.8. The van der Waals surface area contributed by atoms with Gasteiger partial charge in [0.1, 0.15) is 49.3 Å². The molecule has 1 saturated heterocycles. The Labute approximate surface area is 234 Å². The summed E-state index contributed by atoms with van der Waals surface area (Å²) < 4.78 is 24.0. The molecule has 0 saturated carbocycles. The molecule has 6 rings (SSSR count). The van der Waals surface area contributed by atoms with Crippen molar-refractivity contribution in [2.75, 3.05) is 26.4 Å². The fourth-order valence-electron chi connectivity index (χ4n) is 5.00. The van der Waals surface area contributed by atoms with Crippen molar-refractivity contribution in [2.45, 2.75) is 18.6 Å². The Bertz CT molecular complexity index is 1640. The van der Waals surface area contributed by atoms with E-state index in [0.717, 1.165) is 56.3 Å². The van der Waals surface area contributed by atoms with Gasteiger partial charge in [0.05, 0.1) is 6.61 Å². The summed E-state index contributed by atoms with van der Waals surface area (Å²) in [4.78, 5) is 0. The molecule has 40 heavy (non-hydrogen) atoms. The molecule has 1 N–H and O–H groups in total. The van der Waals surface area contributed by atoms with Gasteiger partial charge >= 0.3 is 0 Å². The molecule has 0 aromatic heterocycles. The Hall–Kier alpha value is -4.32. The van der Waals surface area contributed by atoms with Gasteiger partial charge in [0.25, 0.3) is 0 Å². The highest BCUT2D eigenvalue weighted by atomic mass is 16.6. The first-order valence-electron chi connectivity index (χ1n) is 13.6. The lowest BCUT2D eigenvalue weighted by Gasteiger charge is -2.21. The second-order valence-corrected chi connectivity index (χ2v) is 9.96. The van der Waals surface area contributed by atoms with Gasteiger partial charge in [-0.25, -0.2) is 0 Å². The summed E-state index contributed by atoms with van der Waals surface area (Å²) in [5.41, 5.74) is 2.93. The van der Waals surface area contributed by atoms with Crippen LogP contribution < -0.4 is 14.2 Å². The number of aliphatic hydroxyl groups excluding tert-OH is 1. The highest BCUT2D eigenvalue weighted by Gasteiger charge is 2.25. The van der Waals surface area contributed by atoms with E-state index in [1.807, 2.05) is 72.8 Å². The smallest absolute Gasteiger partial charge is 0.128 e. The molecule has 1 aliphatic heterocycles. The quantitative estimate of drug-likeness (QED) is 0.139. The fourth-order valence-corrected chi connectivity index (χ4v) is 5.00. The van der Waals surface area contributed by atoms with Crippen LogP contribution in [0.5, 0.6) is 17.2 Å². The van der Waals surface area contributed by atoms with E-state index >= 15 is 0 Å². The zero-order valence-corrected chi connectivity index (χ0v) is 22.3. The predicted molar refractivity (Wildman–Crippen MR) is 159 cm³/mol. The molecule has 1 heterocycles. The van der Waals surface area contributed by atoms with Crippen molar-refractivity contribution in [3.05, 3.63) is 115 Å². The predicted octanol–water partition coefficient (Wildman–Crippen LogP) is 6.98. The van der Waals surface area contributed by atoms with Crippen LogP contribution in [0.15, 0.2) is 110 Å². The van der Waals surface area contributed by atoms with E-state index in [4.69, 9.17) is 18.9 Å². The van der Waals surface area contributed by atoms with Crippen LogP contribution in [0.1, 0.15) is 5.56 Å². The van der Waals surface area contributed by atoms with E-state index in [9.17, 15) is 5.11 Å². The van der Waals surface area contributed by atoms with E-state index in [-0.39, 0.29) is 19.3 Å².